The number of hydrogen-bond acceptors (Lipinski definition) is 7. The fraction of sp³-hybridized carbons (Fsp3) is 0.421. The molecule has 0 unspecified atom stereocenters. The number of para-hydroxylation sites is 2. The summed E-state index contributed by atoms with van der Waals surface area (Å²) in [4.78, 5) is 39.5. The van der Waals surface area contributed by atoms with E-state index in [1.54, 1.807) is 10.6 Å². The van der Waals surface area contributed by atoms with Crippen LogP contribution >= 0.6 is 11.8 Å². The van der Waals surface area contributed by atoms with Gasteiger partial charge in [0.05, 0.1) is 10.7 Å². The average Bonchev–Trinajstić information content (AvgIpc) is 2.72. The number of hydrogen-bond donors (Lipinski definition) is 2. The molecule has 0 fully saturated rings. The Bertz CT molecular complexity index is 976. The van der Waals surface area contributed by atoms with E-state index in [0.29, 0.717) is 18.0 Å². The van der Waals surface area contributed by atoms with E-state index in [9.17, 15) is 19.7 Å². The van der Waals surface area contributed by atoms with Gasteiger partial charge in [0.1, 0.15) is 10.7 Å². The van der Waals surface area contributed by atoms with Crippen molar-refractivity contribution < 1.29 is 14.8 Å². The van der Waals surface area contributed by atoms with Crippen LogP contribution in [0.5, 0.6) is 0 Å². The predicted octanol–water partition coefficient (Wildman–Crippen LogP) is 2.14. The van der Waals surface area contributed by atoms with Crippen LogP contribution in [-0.2, 0) is 24.2 Å². The SMILES string of the molecule is O=C(CSc1nc(=O)n(CCCO)c2c1CCCC2)Nc1ccccc1[N+](=O)[O-]. The lowest BCUT2D eigenvalue weighted by atomic mass is 9.97. The third-order valence-corrected chi connectivity index (χ3v) is 5.72. The first kappa shape index (κ1) is 21.0. The monoisotopic (exact) mass is 418 g/mol. The van der Waals surface area contributed by atoms with E-state index < -0.39 is 10.8 Å². The van der Waals surface area contributed by atoms with Crippen molar-refractivity contribution in [2.24, 2.45) is 0 Å². The Morgan fingerprint density at radius 3 is 2.83 bits per heavy atom. The van der Waals surface area contributed by atoms with E-state index in [1.807, 2.05) is 0 Å². The van der Waals surface area contributed by atoms with Gasteiger partial charge >= 0.3 is 5.69 Å². The van der Waals surface area contributed by atoms with Crippen molar-refractivity contribution in [1.29, 1.82) is 0 Å². The molecule has 1 aromatic heterocycles. The third kappa shape index (κ3) is 5.01. The second-order valence-corrected chi connectivity index (χ2v) is 7.64. The number of aliphatic hydroxyl groups excluding tert-OH is 1. The van der Waals surface area contributed by atoms with E-state index in [0.717, 1.165) is 36.9 Å². The molecule has 1 aromatic carbocycles. The van der Waals surface area contributed by atoms with Gasteiger partial charge in [0.25, 0.3) is 5.69 Å². The Morgan fingerprint density at radius 2 is 2.07 bits per heavy atom. The smallest absolute Gasteiger partial charge is 0.348 e. The third-order valence-electron chi connectivity index (χ3n) is 4.71. The Morgan fingerprint density at radius 1 is 1.31 bits per heavy atom. The number of thioether (sulfide) groups is 1. The lowest BCUT2D eigenvalue weighted by Crippen LogP contribution is -2.30. The van der Waals surface area contributed by atoms with Crippen LogP contribution in [0.3, 0.4) is 0 Å². The first-order chi connectivity index (χ1) is 14.0. The molecule has 1 amide bonds. The molecule has 2 N–H and O–H groups in total. The number of rotatable bonds is 8. The second-order valence-electron chi connectivity index (χ2n) is 6.67. The Balaban J connectivity index is 1.75. The van der Waals surface area contributed by atoms with Gasteiger partial charge in [-0.3, -0.25) is 19.5 Å². The van der Waals surface area contributed by atoms with Crippen LogP contribution in [0.2, 0.25) is 0 Å². The lowest BCUT2D eigenvalue weighted by Gasteiger charge is -2.22. The molecule has 0 bridgehead atoms. The molecular weight excluding hydrogens is 396 g/mol. The quantitative estimate of drug-likeness (QED) is 0.291. The molecule has 0 radical (unpaired) electrons. The van der Waals surface area contributed by atoms with Crippen molar-refractivity contribution in [3.63, 3.8) is 0 Å². The van der Waals surface area contributed by atoms with Gasteiger partial charge in [0, 0.05) is 30.5 Å². The zero-order chi connectivity index (χ0) is 20.8. The van der Waals surface area contributed by atoms with Crippen LogP contribution in [0, 0.1) is 10.1 Å². The molecule has 1 aliphatic rings. The Labute approximate surface area is 171 Å². The van der Waals surface area contributed by atoms with Crippen LogP contribution < -0.4 is 11.0 Å². The minimum Gasteiger partial charge on any atom is -0.396 e. The molecule has 3 rings (SSSR count). The molecule has 1 heterocycles. The van der Waals surface area contributed by atoms with Gasteiger partial charge in [-0.25, -0.2) is 4.79 Å². The fourth-order valence-corrected chi connectivity index (χ4v) is 4.26. The van der Waals surface area contributed by atoms with Crippen molar-refractivity contribution in [2.75, 3.05) is 17.7 Å². The summed E-state index contributed by atoms with van der Waals surface area (Å²) in [5, 5.41) is 23.2. The molecule has 154 valence electrons. The van der Waals surface area contributed by atoms with Gasteiger partial charge in [-0.2, -0.15) is 4.98 Å². The normalized spacial score (nSPS) is 13.0. The maximum Gasteiger partial charge on any atom is 0.348 e. The maximum absolute atomic E-state index is 12.5. The number of nitrogens with zero attached hydrogens (tertiary/aromatic N) is 3. The zero-order valence-corrected chi connectivity index (χ0v) is 16.6. The highest BCUT2D eigenvalue weighted by Crippen LogP contribution is 2.29. The van der Waals surface area contributed by atoms with Crippen molar-refractivity contribution in [3.05, 3.63) is 56.1 Å². The number of fused-ring (bicyclic) bond motifs is 1. The van der Waals surface area contributed by atoms with E-state index in [1.165, 1.54) is 30.0 Å². The predicted molar refractivity (Wildman–Crippen MR) is 109 cm³/mol. The van der Waals surface area contributed by atoms with Crippen molar-refractivity contribution >= 4 is 29.0 Å². The van der Waals surface area contributed by atoms with Crippen LogP contribution in [0.15, 0.2) is 34.1 Å². The zero-order valence-electron chi connectivity index (χ0n) is 15.8. The summed E-state index contributed by atoms with van der Waals surface area (Å²) in [5.41, 5.74) is 1.51. The summed E-state index contributed by atoms with van der Waals surface area (Å²) < 4.78 is 1.63. The average molecular weight is 418 g/mol. The standard InChI is InChI=1S/C19H22N4O5S/c24-11-5-10-22-15-8-3-1-6-13(15)18(21-19(22)26)29-12-17(25)20-14-7-2-4-9-16(14)23(27)28/h2,4,7,9,24H,1,3,5-6,8,10-12H2,(H,20,25). The molecule has 0 spiro atoms. The van der Waals surface area contributed by atoms with Gasteiger partial charge in [0.2, 0.25) is 5.91 Å². The molecule has 0 saturated heterocycles. The number of nitro groups is 1. The van der Waals surface area contributed by atoms with Gasteiger partial charge in [-0.15, -0.1) is 0 Å². The molecule has 9 nitrogen and oxygen atoms in total. The molecule has 2 aromatic rings. The fourth-order valence-electron chi connectivity index (χ4n) is 3.39. The van der Waals surface area contributed by atoms with Crippen LogP contribution in [-0.4, -0.2) is 37.8 Å². The number of nitrogens with one attached hydrogen (secondary N) is 1. The molecule has 0 saturated carbocycles. The summed E-state index contributed by atoms with van der Waals surface area (Å²) in [6.45, 7) is 0.428. The topological polar surface area (TPSA) is 127 Å². The highest BCUT2D eigenvalue weighted by molar-refractivity contribution is 8.00. The molecular formula is C19H22N4O5S. The molecule has 1 aliphatic carbocycles. The van der Waals surface area contributed by atoms with E-state index >= 15 is 0 Å². The number of anilines is 1. The Hall–Kier alpha value is -2.72. The minimum atomic E-state index is -0.549. The van der Waals surface area contributed by atoms with Crippen LogP contribution in [0.1, 0.15) is 30.5 Å². The maximum atomic E-state index is 12.5. The van der Waals surface area contributed by atoms with Crippen molar-refractivity contribution in [1.82, 2.24) is 9.55 Å². The molecule has 10 heteroatoms. The van der Waals surface area contributed by atoms with Gasteiger partial charge in [-0.05, 0) is 38.2 Å². The number of benzene rings is 1. The summed E-state index contributed by atoms with van der Waals surface area (Å²) in [7, 11) is 0. The summed E-state index contributed by atoms with van der Waals surface area (Å²) in [5.74, 6) is -0.411. The van der Waals surface area contributed by atoms with Crippen molar-refractivity contribution in [2.45, 2.75) is 43.7 Å². The minimum absolute atomic E-state index is 0.00348. The van der Waals surface area contributed by atoms with Gasteiger partial charge in [-0.1, -0.05) is 23.9 Å². The highest BCUT2D eigenvalue weighted by Gasteiger charge is 2.21. The molecule has 29 heavy (non-hydrogen) atoms. The lowest BCUT2D eigenvalue weighted by molar-refractivity contribution is -0.383. The van der Waals surface area contributed by atoms with E-state index in [-0.39, 0.29) is 29.4 Å². The largest absolute Gasteiger partial charge is 0.396 e. The van der Waals surface area contributed by atoms with Crippen LogP contribution in [0.25, 0.3) is 0 Å². The number of nitro benzene ring substituents is 1. The number of aliphatic hydroxyl groups is 1. The molecule has 0 atom stereocenters. The number of carbonyl (C=O) groups excluding carboxylic acids is 1. The highest BCUT2D eigenvalue weighted by atomic mass is 32.2. The summed E-state index contributed by atoms with van der Waals surface area (Å²) in [6.07, 6.45) is 4.02. The summed E-state index contributed by atoms with van der Waals surface area (Å²) in [6, 6.07) is 5.94. The summed E-state index contributed by atoms with van der Waals surface area (Å²) >= 11 is 1.17. The Kier molecular flexibility index (Phi) is 6.99. The van der Waals surface area contributed by atoms with Gasteiger partial charge < -0.3 is 10.4 Å². The van der Waals surface area contributed by atoms with Crippen LogP contribution in [0.4, 0.5) is 11.4 Å². The first-order valence-corrected chi connectivity index (χ1v) is 10.4. The van der Waals surface area contributed by atoms with Crippen molar-refractivity contribution in [3.8, 4) is 0 Å². The number of aromatic nitrogens is 2. The first-order valence-electron chi connectivity index (χ1n) is 9.40. The molecule has 0 aliphatic heterocycles. The van der Waals surface area contributed by atoms with E-state index in [4.69, 9.17) is 5.11 Å². The van der Waals surface area contributed by atoms with E-state index in [2.05, 4.69) is 10.3 Å². The number of amides is 1. The van der Waals surface area contributed by atoms with Gasteiger partial charge in [0.15, 0.2) is 0 Å². The number of carbonyl (C=O) groups is 1. The second kappa shape index (κ2) is 9.66.